The number of benzene rings is 2. The van der Waals surface area contributed by atoms with E-state index in [0.29, 0.717) is 38.7 Å². The minimum atomic E-state index is -0.726. The van der Waals surface area contributed by atoms with Crippen LogP contribution in [0.2, 0.25) is 0 Å². The Morgan fingerprint density at radius 2 is 2.10 bits per heavy atom. The molecule has 0 aliphatic carbocycles. The van der Waals surface area contributed by atoms with Gasteiger partial charge in [0.15, 0.2) is 0 Å². The van der Waals surface area contributed by atoms with Crippen LogP contribution in [0.3, 0.4) is 0 Å². The number of hydrogen-bond acceptors (Lipinski definition) is 4. The monoisotopic (exact) mass is 484 g/mol. The first-order valence-corrected chi connectivity index (χ1v) is 11.3. The fraction of sp³-hybridized carbons (Fsp3) is 0.348. The fourth-order valence-corrected chi connectivity index (χ4v) is 4.27. The molecule has 31 heavy (non-hydrogen) atoms. The maximum absolute atomic E-state index is 13.0. The van der Waals surface area contributed by atoms with Gasteiger partial charge in [0.2, 0.25) is 17.8 Å². The molecule has 0 saturated carbocycles. The third kappa shape index (κ3) is 4.65. The quantitative estimate of drug-likeness (QED) is 0.383. The lowest BCUT2D eigenvalue weighted by Crippen LogP contribution is -2.33. The van der Waals surface area contributed by atoms with Crippen LogP contribution in [0.25, 0.3) is 11.0 Å². The topological polar surface area (TPSA) is 76.5 Å². The molecule has 162 valence electrons. The molecule has 2 aromatic carbocycles. The van der Waals surface area contributed by atoms with Gasteiger partial charge in [0, 0.05) is 36.5 Å². The number of aromatic nitrogens is 2. The highest BCUT2D eigenvalue weighted by Gasteiger charge is 2.38. The Morgan fingerprint density at radius 1 is 1.26 bits per heavy atom. The summed E-state index contributed by atoms with van der Waals surface area (Å²) in [6.45, 7) is 4.46. The molecule has 3 aromatic rings. The molecule has 8 heteroatoms. The Bertz CT molecular complexity index is 1100. The molecule has 7 nitrogen and oxygen atoms in total. The number of nitrogens with one attached hydrogen (secondary N) is 1. The molecule has 1 unspecified atom stereocenters. The molecular formula is C23H25BrN4O3. The lowest BCUT2D eigenvalue weighted by atomic mass is 10.1. The van der Waals surface area contributed by atoms with Crippen LogP contribution in [-0.2, 0) is 20.9 Å². The van der Waals surface area contributed by atoms with Gasteiger partial charge in [0.25, 0.3) is 0 Å². The van der Waals surface area contributed by atoms with E-state index < -0.39 is 5.92 Å². The van der Waals surface area contributed by atoms with Crippen molar-refractivity contribution in [2.75, 3.05) is 30.0 Å². The van der Waals surface area contributed by atoms with Crippen molar-refractivity contribution in [2.45, 2.75) is 26.3 Å². The highest BCUT2D eigenvalue weighted by atomic mass is 79.9. The van der Waals surface area contributed by atoms with Crippen LogP contribution in [0.1, 0.15) is 19.8 Å². The summed E-state index contributed by atoms with van der Waals surface area (Å²) in [4.78, 5) is 32.2. The summed E-state index contributed by atoms with van der Waals surface area (Å²) in [5.74, 6) is -0.759. The number of aryl methyl sites for hydroxylation is 1. The molecule has 2 heterocycles. The minimum absolute atomic E-state index is 0.186. The van der Waals surface area contributed by atoms with Crippen LogP contribution in [0.4, 0.5) is 11.6 Å². The number of imidazole rings is 1. The van der Waals surface area contributed by atoms with Crippen LogP contribution in [0.15, 0.2) is 53.0 Å². The van der Waals surface area contributed by atoms with E-state index in [4.69, 9.17) is 4.74 Å². The molecule has 1 N–H and O–H groups in total. The molecule has 1 atom stereocenters. The van der Waals surface area contributed by atoms with Gasteiger partial charge in [-0.3, -0.25) is 14.9 Å². The van der Waals surface area contributed by atoms with Crippen LogP contribution >= 0.6 is 15.9 Å². The molecule has 1 saturated heterocycles. The van der Waals surface area contributed by atoms with Crippen LogP contribution in [0, 0.1) is 5.92 Å². The Hall–Kier alpha value is -2.71. The van der Waals surface area contributed by atoms with Crippen molar-refractivity contribution in [3.63, 3.8) is 0 Å². The summed E-state index contributed by atoms with van der Waals surface area (Å²) in [7, 11) is 0. The Morgan fingerprint density at radius 3 is 2.90 bits per heavy atom. The van der Waals surface area contributed by atoms with Gasteiger partial charge in [-0.15, -0.1) is 0 Å². The number of carbonyl (C=O) groups excluding carboxylic acids is 2. The van der Waals surface area contributed by atoms with Gasteiger partial charge in [-0.2, -0.15) is 0 Å². The number of fused-ring (bicyclic) bond motifs is 1. The predicted molar refractivity (Wildman–Crippen MR) is 124 cm³/mol. The fourth-order valence-electron chi connectivity index (χ4n) is 3.89. The molecule has 1 aromatic heterocycles. The largest absolute Gasteiger partial charge is 0.382 e. The van der Waals surface area contributed by atoms with Crippen molar-refractivity contribution in [1.82, 2.24) is 9.55 Å². The first-order valence-electron chi connectivity index (χ1n) is 10.5. The second-order valence-corrected chi connectivity index (χ2v) is 8.34. The van der Waals surface area contributed by atoms with Crippen molar-refractivity contribution in [2.24, 2.45) is 5.92 Å². The van der Waals surface area contributed by atoms with E-state index in [1.807, 2.05) is 60.0 Å². The zero-order chi connectivity index (χ0) is 21.8. The standard InChI is InChI=1S/C23H25BrN4O3/c1-2-31-14-6-12-28-20-10-4-3-9-19(20)25-23(28)26-21(29)18-11-13-27(22(18)30)17-8-5-7-16(24)15-17/h3-5,7-10,15,18H,2,6,11-14H2,1H3,(H,25,26,29). The lowest BCUT2D eigenvalue weighted by Gasteiger charge is -2.17. The highest BCUT2D eigenvalue weighted by molar-refractivity contribution is 9.10. The maximum atomic E-state index is 13.0. The van der Waals surface area contributed by atoms with Crippen molar-refractivity contribution < 1.29 is 14.3 Å². The Kier molecular flexibility index (Phi) is 6.67. The Balaban J connectivity index is 1.51. The van der Waals surface area contributed by atoms with Crippen molar-refractivity contribution >= 4 is 50.4 Å². The SMILES string of the molecule is CCOCCCn1c(NC(=O)C2CCN(c3cccc(Br)c3)C2=O)nc2ccccc21. The highest BCUT2D eigenvalue weighted by Crippen LogP contribution is 2.28. The van der Waals surface area contributed by atoms with E-state index in [-0.39, 0.29) is 11.8 Å². The van der Waals surface area contributed by atoms with Crippen molar-refractivity contribution in [1.29, 1.82) is 0 Å². The predicted octanol–water partition coefficient (Wildman–Crippen LogP) is 4.22. The number of halogens is 1. The average Bonchev–Trinajstić information content (AvgIpc) is 3.31. The molecule has 1 aliphatic heterocycles. The summed E-state index contributed by atoms with van der Waals surface area (Å²) in [6, 6.07) is 15.3. The Labute approximate surface area is 189 Å². The van der Waals surface area contributed by atoms with Crippen LogP contribution in [0.5, 0.6) is 0 Å². The zero-order valence-electron chi connectivity index (χ0n) is 17.4. The molecule has 0 radical (unpaired) electrons. The van der Waals surface area contributed by atoms with Gasteiger partial charge in [-0.1, -0.05) is 34.1 Å². The number of nitrogens with zero attached hydrogens (tertiary/aromatic N) is 3. The minimum Gasteiger partial charge on any atom is -0.382 e. The van der Waals surface area contributed by atoms with Gasteiger partial charge in [-0.25, -0.2) is 4.98 Å². The van der Waals surface area contributed by atoms with Crippen molar-refractivity contribution in [3.8, 4) is 0 Å². The molecular weight excluding hydrogens is 460 g/mol. The average molecular weight is 485 g/mol. The molecule has 4 rings (SSSR count). The van der Waals surface area contributed by atoms with E-state index in [0.717, 1.165) is 27.6 Å². The van der Waals surface area contributed by atoms with E-state index >= 15 is 0 Å². The molecule has 2 amide bonds. The molecule has 0 bridgehead atoms. The van der Waals surface area contributed by atoms with E-state index in [1.165, 1.54) is 0 Å². The number of ether oxygens (including phenoxy) is 1. The first-order chi connectivity index (χ1) is 15.1. The maximum Gasteiger partial charge on any atom is 0.239 e. The second-order valence-electron chi connectivity index (χ2n) is 7.43. The third-order valence-corrected chi connectivity index (χ3v) is 5.90. The summed E-state index contributed by atoms with van der Waals surface area (Å²) in [6.07, 6.45) is 1.28. The lowest BCUT2D eigenvalue weighted by molar-refractivity contribution is -0.129. The van der Waals surface area contributed by atoms with Crippen LogP contribution < -0.4 is 10.2 Å². The van der Waals surface area contributed by atoms with E-state index in [1.54, 1.807) is 4.90 Å². The van der Waals surface area contributed by atoms with Gasteiger partial charge in [0.05, 0.1) is 11.0 Å². The van der Waals surface area contributed by atoms with Gasteiger partial charge < -0.3 is 14.2 Å². The van der Waals surface area contributed by atoms with Crippen LogP contribution in [-0.4, -0.2) is 41.1 Å². The third-order valence-electron chi connectivity index (χ3n) is 5.41. The molecule has 0 spiro atoms. The van der Waals surface area contributed by atoms with Gasteiger partial charge in [0.1, 0.15) is 5.92 Å². The summed E-state index contributed by atoms with van der Waals surface area (Å²) in [5, 5.41) is 2.91. The van der Waals surface area contributed by atoms with Crippen molar-refractivity contribution in [3.05, 3.63) is 53.0 Å². The number of rotatable bonds is 8. The number of carbonyl (C=O) groups is 2. The number of anilines is 2. The first kappa shape index (κ1) is 21.5. The summed E-state index contributed by atoms with van der Waals surface area (Å²) < 4.78 is 8.33. The number of hydrogen-bond donors (Lipinski definition) is 1. The smallest absolute Gasteiger partial charge is 0.239 e. The second kappa shape index (κ2) is 9.62. The number of amides is 2. The zero-order valence-corrected chi connectivity index (χ0v) is 19.0. The summed E-state index contributed by atoms with van der Waals surface area (Å²) in [5.41, 5.74) is 2.54. The molecule has 1 fully saturated rings. The van der Waals surface area contributed by atoms with E-state index in [9.17, 15) is 9.59 Å². The van der Waals surface area contributed by atoms with E-state index in [2.05, 4.69) is 26.2 Å². The normalized spacial score (nSPS) is 16.3. The van der Waals surface area contributed by atoms with Gasteiger partial charge >= 0.3 is 0 Å². The summed E-state index contributed by atoms with van der Waals surface area (Å²) >= 11 is 3.44. The molecule has 1 aliphatic rings. The number of para-hydroxylation sites is 2. The van der Waals surface area contributed by atoms with Gasteiger partial charge in [-0.05, 0) is 50.1 Å².